The van der Waals surface area contributed by atoms with Crippen LogP contribution in [-0.2, 0) is 16.1 Å². The zero-order chi connectivity index (χ0) is 49.2. The van der Waals surface area contributed by atoms with Crippen LogP contribution in [0.5, 0.6) is 0 Å². The lowest BCUT2D eigenvalue weighted by molar-refractivity contribution is -0.132. The number of rotatable bonds is 20. The number of aromatic nitrogens is 4. The molecule has 7 rings (SSSR count). The minimum atomic E-state index is -0.969. The summed E-state index contributed by atoms with van der Waals surface area (Å²) in [4.78, 5) is 65.0. The smallest absolute Gasteiger partial charge is 0.267 e. The van der Waals surface area contributed by atoms with E-state index in [2.05, 4.69) is 66.9 Å². The van der Waals surface area contributed by atoms with E-state index in [0.717, 1.165) is 65.2 Å². The van der Waals surface area contributed by atoms with Gasteiger partial charge in [-0.1, -0.05) is 99.4 Å². The molecular weight excluding hydrogens is 934 g/mol. The number of β-amino-alcohol motifs (C(OH)–C–C–N with tert-alkyl or cyclic N) is 1. The Morgan fingerprint density at radius 2 is 1.68 bits per heavy atom. The summed E-state index contributed by atoms with van der Waals surface area (Å²) in [6.07, 6.45) is 5.30. The lowest BCUT2D eigenvalue weighted by atomic mass is 9.84. The molecule has 0 bridgehead atoms. The van der Waals surface area contributed by atoms with E-state index in [-0.39, 0.29) is 42.1 Å². The summed E-state index contributed by atoms with van der Waals surface area (Å²) in [6.45, 7) is 15.7. The minimum Gasteiger partial charge on any atom is -0.392 e. The van der Waals surface area contributed by atoms with E-state index >= 15 is 0 Å². The van der Waals surface area contributed by atoms with Gasteiger partial charge in [-0.25, -0.2) is 19.9 Å². The standard InChI is InChI=1S/C50H66ClN11O5S2/c1-31-13-12-14-37(51)43(31)59-47(66)39-28-54-49(69-39)58-40-26-41(57-33(3)56-40)60-21-23-61(24-22-60)42(64)15-10-8-7-9-11-20-52-45(50(4,5)6)48(67)62-29-36(63)25-38(62)46(65)53-27-34-16-18-35(19-17-34)44-32(2)55-30-68-44/h12-14,16-19,26,28,30,36,38,45,48,52,63,67H,7-11,15,20-25,27,29H2,1-6H3,(H,53,65)(H,59,66)(H,54,56,57,58)/t36-,38+,45-,48?/m1/s1. The first-order chi connectivity index (χ1) is 33.0. The number of aliphatic hydroxyl groups excluding tert-OH is 2. The van der Waals surface area contributed by atoms with Crippen LogP contribution < -0.4 is 26.2 Å². The number of likely N-dealkylation sites (tertiary alicyclic amines) is 1. The number of carbonyl (C=O) groups excluding carboxylic acids is 3. The van der Waals surface area contributed by atoms with Crippen LogP contribution in [0.2, 0.25) is 5.02 Å². The number of aliphatic hydroxyl groups is 2. The highest BCUT2D eigenvalue weighted by Gasteiger charge is 2.44. The van der Waals surface area contributed by atoms with Crippen molar-refractivity contribution in [2.75, 3.05) is 54.8 Å². The van der Waals surface area contributed by atoms with E-state index in [4.69, 9.17) is 11.6 Å². The minimum absolute atomic E-state index is 0.170. The summed E-state index contributed by atoms with van der Waals surface area (Å²) in [6, 6.07) is 14.4. The van der Waals surface area contributed by atoms with Crippen LogP contribution >= 0.6 is 34.3 Å². The van der Waals surface area contributed by atoms with Gasteiger partial charge in [-0.05, 0) is 74.8 Å². The van der Waals surface area contributed by atoms with Crippen molar-refractivity contribution in [1.29, 1.82) is 0 Å². The Labute approximate surface area is 418 Å². The monoisotopic (exact) mass is 999 g/mol. The molecule has 16 nitrogen and oxygen atoms in total. The van der Waals surface area contributed by atoms with Crippen LogP contribution in [0.25, 0.3) is 10.4 Å². The number of piperazine rings is 1. The van der Waals surface area contributed by atoms with Crippen LogP contribution in [0.3, 0.4) is 0 Å². The zero-order valence-electron chi connectivity index (χ0n) is 40.4. The van der Waals surface area contributed by atoms with Crippen LogP contribution in [-0.4, -0.2) is 121 Å². The van der Waals surface area contributed by atoms with Gasteiger partial charge in [-0.3, -0.25) is 19.3 Å². The number of nitrogens with one attached hydrogen (secondary N) is 4. The zero-order valence-corrected chi connectivity index (χ0v) is 42.8. The van der Waals surface area contributed by atoms with Gasteiger partial charge in [-0.2, -0.15) is 0 Å². The second-order valence-corrected chi connectivity index (χ2v) is 21.4. The van der Waals surface area contributed by atoms with Gasteiger partial charge in [0.15, 0.2) is 5.13 Å². The molecular formula is C50H66ClN11O5S2. The molecule has 2 saturated heterocycles. The van der Waals surface area contributed by atoms with Gasteiger partial charge in [0.2, 0.25) is 11.8 Å². The normalized spacial score (nSPS) is 17.5. The maximum absolute atomic E-state index is 13.5. The van der Waals surface area contributed by atoms with Crippen molar-refractivity contribution < 1.29 is 24.6 Å². The molecule has 2 aliphatic rings. The Hall–Kier alpha value is -5.08. The Morgan fingerprint density at radius 3 is 2.39 bits per heavy atom. The summed E-state index contributed by atoms with van der Waals surface area (Å²) in [5.74, 6) is 1.58. The van der Waals surface area contributed by atoms with E-state index in [1.807, 2.05) is 73.6 Å². The summed E-state index contributed by atoms with van der Waals surface area (Å²) in [5.41, 5.74) is 6.01. The van der Waals surface area contributed by atoms with Gasteiger partial charge in [0.05, 0.1) is 51.2 Å². The van der Waals surface area contributed by atoms with Crippen molar-refractivity contribution >= 4 is 74.5 Å². The third-order valence-corrected chi connectivity index (χ3v) is 15.0. The fourth-order valence-corrected chi connectivity index (χ4v) is 10.7. The van der Waals surface area contributed by atoms with Crippen LogP contribution in [0.15, 0.2) is 60.2 Å². The number of para-hydroxylation sites is 1. The largest absolute Gasteiger partial charge is 0.392 e. The number of hydrogen-bond donors (Lipinski definition) is 6. The number of hydrogen-bond acceptors (Lipinski definition) is 15. The maximum atomic E-state index is 13.5. The number of anilines is 4. The summed E-state index contributed by atoms with van der Waals surface area (Å²) in [5, 5.41) is 36.1. The fraction of sp³-hybridized carbons (Fsp3) is 0.500. The highest BCUT2D eigenvalue weighted by atomic mass is 35.5. The Bertz CT molecular complexity index is 2500. The van der Waals surface area contributed by atoms with Crippen molar-refractivity contribution in [2.24, 2.45) is 5.41 Å². The highest BCUT2D eigenvalue weighted by Crippen LogP contribution is 2.32. The van der Waals surface area contributed by atoms with Crippen molar-refractivity contribution in [3.05, 3.63) is 92.8 Å². The molecule has 3 amide bonds. The van der Waals surface area contributed by atoms with Gasteiger partial charge in [-0.15, -0.1) is 11.3 Å². The number of halogens is 1. The molecule has 69 heavy (non-hydrogen) atoms. The summed E-state index contributed by atoms with van der Waals surface area (Å²) in [7, 11) is 0. The number of benzene rings is 2. The fourth-order valence-electron chi connectivity index (χ4n) is 8.92. The number of nitrogens with zero attached hydrogens (tertiary/aromatic N) is 7. The molecule has 5 aromatic rings. The predicted molar refractivity (Wildman–Crippen MR) is 275 cm³/mol. The third-order valence-electron chi connectivity index (χ3n) is 12.8. The third kappa shape index (κ3) is 13.8. The Balaban J connectivity index is 0.790. The van der Waals surface area contributed by atoms with Crippen molar-refractivity contribution in [1.82, 2.24) is 40.4 Å². The van der Waals surface area contributed by atoms with Crippen LogP contribution in [0, 0.1) is 26.2 Å². The quantitative estimate of drug-likeness (QED) is 0.0415. The first kappa shape index (κ1) is 51.8. The first-order valence-electron chi connectivity index (χ1n) is 23.8. The molecule has 370 valence electrons. The number of aryl methyl sites for hydroxylation is 3. The van der Waals surface area contributed by atoms with Gasteiger partial charge in [0.1, 0.15) is 28.6 Å². The summed E-state index contributed by atoms with van der Waals surface area (Å²) >= 11 is 9.12. The van der Waals surface area contributed by atoms with E-state index in [0.29, 0.717) is 78.1 Å². The highest BCUT2D eigenvalue weighted by molar-refractivity contribution is 7.17. The molecule has 0 aliphatic carbocycles. The number of thiazole rings is 2. The average molecular weight is 1000 g/mol. The first-order valence-corrected chi connectivity index (χ1v) is 25.9. The molecule has 2 aliphatic heterocycles. The second kappa shape index (κ2) is 23.7. The van der Waals surface area contributed by atoms with Crippen LogP contribution in [0.1, 0.15) is 98.0 Å². The van der Waals surface area contributed by atoms with E-state index in [1.165, 1.54) is 17.5 Å². The molecule has 6 N–H and O–H groups in total. The lowest BCUT2D eigenvalue weighted by Crippen LogP contribution is -2.59. The van der Waals surface area contributed by atoms with Gasteiger partial charge >= 0.3 is 0 Å². The van der Waals surface area contributed by atoms with Crippen molar-refractivity contribution in [2.45, 2.75) is 117 Å². The molecule has 0 saturated carbocycles. The molecule has 3 aromatic heterocycles. The Kier molecular flexibility index (Phi) is 17.8. The van der Waals surface area contributed by atoms with Crippen molar-refractivity contribution in [3.8, 4) is 10.4 Å². The molecule has 1 unspecified atom stereocenters. The number of carbonyl (C=O) groups is 3. The molecule has 2 fully saturated rings. The molecule has 5 heterocycles. The molecule has 19 heteroatoms. The lowest BCUT2D eigenvalue weighted by Gasteiger charge is -2.41. The molecule has 0 radical (unpaired) electrons. The summed E-state index contributed by atoms with van der Waals surface area (Å²) < 4.78 is 0. The van der Waals surface area contributed by atoms with E-state index in [1.54, 1.807) is 22.3 Å². The SMILES string of the molecule is Cc1nc(Nc2ncc(C(=O)Nc3c(C)cccc3Cl)s2)cc(N2CCN(C(=O)CCCCCCCN[C@H](C(O)N3C[C@H](O)C[C@H]3C(=O)NCc3ccc(-c4scnc4C)cc3)C(C)(C)C)CC2)n1. The Morgan fingerprint density at radius 1 is 0.942 bits per heavy atom. The predicted octanol–water partition coefficient (Wildman–Crippen LogP) is 7.69. The van der Waals surface area contributed by atoms with Gasteiger partial charge in [0, 0.05) is 51.8 Å². The van der Waals surface area contributed by atoms with E-state index in [9.17, 15) is 24.6 Å². The molecule has 4 atom stereocenters. The molecule has 2 aromatic carbocycles. The second-order valence-electron chi connectivity index (χ2n) is 19.1. The number of unbranched alkanes of at least 4 members (excludes halogenated alkanes) is 4. The molecule has 0 spiro atoms. The maximum Gasteiger partial charge on any atom is 0.267 e. The van der Waals surface area contributed by atoms with Crippen molar-refractivity contribution in [3.63, 3.8) is 0 Å². The number of amides is 3. The average Bonchev–Trinajstić information content (AvgIpc) is 4.08. The topological polar surface area (TPSA) is 201 Å². The van der Waals surface area contributed by atoms with E-state index < -0.39 is 18.4 Å². The van der Waals surface area contributed by atoms with Gasteiger partial charge in [0.25, 0.3) is 5.91 Å². The van der Waals surface area contributed by atoms with Gasteiger partial charge < -0.3 is 41.3 Å². The van der Waals surface area contributed by atoms with Crippen LogP contribution in [0.4, 0.5) is 22.5 Å².